The highest BCUT2D eigenvalue weighted by molar-refractivity contribution is 5.91. The van der Waals surface area contributed by atoms with Crippen molar-refractivity contribution in [2.45, 2.75) is 32.1 Å². The van der Waals surface area contributed by atoms with E-state index in [9.17, 15) is 14.0 Å². The first-order chi connectivity index (χ1) is 17.1. The van der Waals surface area contributed by atoms with Crippen molar-refractivity contribution in [1.82, 2.24) is 19.7 Å². The molecular formula is C28H33FN4O2. The van der Waals surface area contributed by atoms with Crippen LogP contribution in [-0.4, -0.2) is 77.3 Å². The summed E-state index contributed by atoms with van der Waals surface area (Å²) in [7, 11) is 0. The van der Waals surface area contributed by atoms with Crippen LogP contribution in [0, 0.1) is 5.82 Å². The Kier molecular flexibility index (Phi) is 7.13. The van der Waals surface area contributed by atoms with Gasteiger partial charge in [-0.2, -0.15) is 0 Å². The molecule has 0 atom stereocenters. The van der Waals surface area contributed by atoms with E-state index in [1.54, 1.807) is 12.1 Å². The van der Waals surface area contributed by atoms with Gasteiger partial charge in [-0.05, 0) is 67.1 Å². The largest absolute Gasteiger partial charge is 0.354 e. The number of para-hydroxylation sites is 1. The van der Waals surface area contributed by atoms with Gasteiger partial charge < -0.3 is 14.8 Å². The van der Waals surface area contributed by atoms with E-state index in [4.69, 9.17) is 0 Å². The van der Waals surface area contributed by atoms with E-state index in [1.807, 2.05) is 28.0 Å². The molecule has 7 heteroatoms. The van der Waals surface area contributed by atoms with Gasteiger partial charge in [-0.1, -0.05) is 18.2 Å². The van der Waals surface area contributed by atoms with E-state index in [0.29, 0.717) is 32.5 Å². The SMILES string of the molecule is O=C(CCc1c(-c2ccc(F)cc2)[nH]c2ccccc12)N1CCN(CC(=O)N2CCCCC2)CC1. The number of likely N-dealkylation sites (tertiary alicyclic amines) is 1. The van der Waals surface area contributed by atoms with Crippen LogP contribution in [0.15, 0.2) is 48.5 Å². The number of aromatic nitrogens is 1. The molecule has 2 saturated heterocycles. The van der Waals surface area contributed by atoms with E-state index in [2.05, 4.69) is 16.0 Å². The minimum Gasteiger partial charge on any atom is -0.354 e. The van der Waals surface area contributed by atoms with Crippen LogP contribution in [0.2, 0.25) is 0 Å². The van der Waals surface area contributed by atoms with Crippen LogP contribution in [0.5, 0.6) is 0 Å². The van der Waals surface area contributed by atoms with E-state index in [0.717, 1.165) is 66.7 Å². The number of piperazine rings is 1. The Balaban J connectivity index is 1.19. The van der Waals surface area contributed by atoms with Gasteiger partial charge in [-0.3, -0.25) is 14.5 Å². The smallest absolute Gasteiger partial charge is 0.236 e. The summed E-state index contributed by atoms with van der Waals surface area (Å²) in [6.07, 6.45) is 4.46. The lowest BCUT2D eigenvalue weighted by Crippen LogP contribution is -2.52. The van der Waals surface area contributed by atoms with Crippen molar-refractivity contribution in [3.05, 3.63) is 59.9 Å². The Labute approximate surface area is 205 Å². The number of fused-ring (bicyclic) bond motifs is 1. The van der Waals surface area contributed by atoms with Crippen molar-refractivity contribution in [3.63, 3.8) is 0 Å². The molecule has 5 rings (SSSR count). The Bertz CT molecular complexity index is 1180. The van der Waals surface area contributed by atoms with Gasteiger partial charge in [0.25, 0.3) is 0 Å². The van der Waals surface area contributed by atoms with Crippen LogP contribution in [0.3, 0.4) is 0 Å². The number of benzene rings is 2. The number of hydrogen-bond donors (Lipinski definition) is 1. The first-order valence-electron chi connectivity index (χ1n) is 12.7. The second-order valence-corrected chi connectivity index (χ2v) is 9.63. The Hall–Kier alpha value is -3.19. The molecule has 0 saturated carbocycles. The van der Waals surface area contributed by atoms with Crippen molar-refractivity contribution in [1.29, 1.82) is 0 Å². The molecule has 6 nitrogen and oxygen atoms in total. The maximum Gasteiger partial charge on any atom is 0.236 e. The number of amides is 2. The van der Waals surface area contributed by atoms with Crippen LogP contribution < -0.4 is 0 Å². The van der Waals surface area contributed by atoms with Crippen molar-refractivity contribution in [2.24, 2.45) is 0 Å². The zero-order chi connectivity index (χ0) is 24.2. The molecule has 3 aromatic rings. The first kappa shape index (κ1) is 23.5. The lowest BCUT2D eigenvalue weighted by molar-refractivity contribution is -0.135. The van der Waals surface area contributed by atoms with Gasteiger partial charge in [0.15, 0.2) is 0 Å². The van der Waals surface area contributed by atoms with Crippen LogP contribution in [-0.2, 0) is 16.0 Å². The number of nitrogens with one attached hydrogen (secondary N) is 1. The number of carbonyl (C=O) groups excluding carboxylic acids is 2. The van der Waals surface area contributed by atoms with Crippen LogP contribution in [0.1, 0.15) is 31.2 Å². The second-order valence-electron chi connectivity index (χ2n) is 9.63. The molecule has 2 amide bonds. The van der Waals surface area contributed by atoms with Gasteiger partial charge in [-0.25, -0.2) is 4.39 Å². The Morgan fingerprint density at radius 1 is 0.800 bits per heavy atom. The number of halogens is 1. The van der Waals surface area contributed by atoms with Gasteiger partial charge in [0, 0.05) is 62.3 Å². The average Bonchev–Trinajstić information content (AvgIpc) is 3.27. The molecule has 0 bridgehead atoms. The van der Waals surface area contributed by atoms with Crippen molar-refractivity contribution in [2.75, 3.05) is 45.8 Å². The minimum atomic E-state index is -0.265. The summed E-state index contributed by atoms with van der Waals surface area (Å²) in [5.41, 5.74) is 3.96. The quantitative estimate of drug-likeness (QED) is 0.584. The van der Waals surface area contributed by atoms with E-state index >= 15 is 0 Å². The minimum absolute atomic E-state index is 0.141. The van der Waals surface area contributed by atoms with E-state index in [1.165, 1.54) is 18.6 Å². The van der Waals surface area contributed by atoms with E-state index in [-0.39, 0.29) is 17.6 Å². The van der Waals surface area contributed by atoms with Crippen molar-refractivity contribution >= 4 is 22.7 Å². The van der Waals surface area contributed by atoms with Crippen molar-refractivity contribution in [3.8, 4) is 11.3 Å². The standard InChI is InChI=1S/C28H33FN4O2/c29-22-10-8-21(9-11-22)28-24(23-6-2-3-7-25(23)30-28)12-13-26(34)33-18-16-31(17-19-33)20-27(35)32-14-4-1-5-15-32/h2-3,6-11,30H,1,4-5,12-20H2. The summed E-state index contributed by atoms with van der Waals surface area (Å²) in [4.78, 5) is 35.2. The number of rotatable bonds is 6. The molecule has 0 spiro atoms. The highest BCUT2D eigenvalue weighted by atomic mass is 19.1. The number of hydrogen-bond acceptors (Lipinski definition) is 3. The predicted molar refractivity (Wildman–Crippen MR) is 135 cm³/mol. The zero-order valence-corrected chi connectivity index (χ0v) is 20.1. The van der Waals surface area contributed by atoms with Gasteiger partial charge in [0.05, 0.1) is 6.54 Å². The maximum absolute atomic E-state index is 13.5. The monoisotopic (exact) mass is 476 g/mol. The van der Waals surface area contributed by atoms with Gasteiger partial charge in [0.2, 0.25) is 11.8 Å². The van der Waals surface area contributed by atoms with Gasteiger partial charge >= 0.3 is 0 Å². The normalized spacial score (nSPS) is 17.2. The summed E-state index contributed by atoms with van der Waals surface area (Å²) >= 11 is 0. The molecule has 2 aliphatic heterocycles. The average molecular weight is 477 g/mol. The summed E-state index contributed by atoms with van der Waals surface area (Å²) in [5, 5.41) is 1.10. The first-order valence-corrected chi connectivity index (χ1v) is 12.7. The van der Waals surface area contributed by atoms with Crippen molar-refractivity contribution < 1.29 is 14.0 Å². The fourth-order valence-corrected chi connectivity index (χ4v) is 5.30. The number of aromatic amines is 1. The second kappa shape index (κ2) is 10.6. The summed E-state index contributed by atoms with van der Waals surface area (Å²) < 4.78 is 13.5. The number of aryl methyl sites for hydroxylation is 1. The third-order valence-corrected chi connectivity index (χ3v) is 7.33. The predicted octanol–water partition coefficient (Wildman–Crippen LogP) is 4.06. The Morgan fingerprint density at radius 3 is 2.23 bits per heavy atom. The molecule has 184 valence electrons. The third kappa shape index (κ3) is 5.40. The number of carbonyl (C=O) groups is 2. The summed E-state index contributed by atoms with van der Waals surface area (Å²) in [6, 6.07) is 14.6. The summed E-state index contributed by atoms with van der Waals surface area (Å²) in [6.45, 7) is 5.00. The summed E-state index contributed by atoms with van der Waals surface area (Å²) in [5.74, 6) is 0.0952. The molecule has 2 fully saturated rings. The molecular weight excluding hydrogens is 443 g/mol. The topological polar surface area (TPSA) is 59.7 Å². The number of piperidine rings is 1. The fourth-order valence-electron chi connectivity index (χ4n) is 5.30. The number of nitrogens with zero attached hydrogens (tertiary/aromatic N) is 3. The highest BCUT2D eigenvalue weighted by Crippen LogP contribution is 2.31. The molecule has 2 aliphatic rings. The molecule has 0 radical (unpaired) electrons. The molecule has 0 aliphatic carbocycles. The molecule has 1 aromatic heterocycles. The molecule has 3 heterocycles. The van der Waals surface area contributed by atoms with Crippen LogP contribution >= 0.6 is 0 Å². The maximum atomic E-state index is 13.5. The number of H-pyrrole nitrogens is 1. The molecule has 35 heavy (non-hydrogen) atoms. The van der Waals surface area contributed by atoms with Crippen LogP contribution in [0.4, 0.5) is 4.39 Å². The third-order valence-electron chi connectivity index (χ3n) is 7.33. The Morgan fingerprint density at radius 2 is 1.49 bits per heavy atom. The van der Waals surface area contributed by atoms with Gasteiger partial charge in [-0.15, -0.1) is 0 Å². The molecule has 1 N–H and O–H groups in total. The lowest BCUT2D eigenvalue weighted by Gasteiger charge is -2.36. The van der Waals surface area contributed by atoms with E-state index < -0.39 is 0 Å². The van der Waals surface area contributed by atoms with Crippen LogP contribution in [0.25, 0.3) is 22.2 Å². The fraction of sp³-hybridized carbons (Fsp3) is 0.429. The molecule has 0 unspecified atom stereocenters. The van der Waals surface area contributed by atoms with Gasteiger partial charge in [0.1, 0.15) is 5.82 Å². The molecule has 2 aromatic carbocycles. The highest BCUT2D eigenvalue weighted by Gasteiger charge is 2.25. The lowest BCUT2D eigenvalue weighted by atomic mass is 10.0. The zero-order valence-electron chi connectivity index (χ0n) is 20.1.